The molecule has 194 valence electrons. The minimum Gasteiger partial charge on any atom is -0.494 e. The first-order chi connectivity index (χ1) is 18.0. The Labute approximate surface area is 235 Å². The summed E-state index contributed by atoms with van der Waals surface area (Å²) in [7, 11) is 0. The van der Waals surface area contributed by atoms with E-state index in [1.54, 1.807) is 12.4 Å². The molecular formula is C27H30ClIN6O2. The Morgan fingerprint density at radius 2 is 1.97 bits per heavy atom. The molecule has 0 spiro atoms. The Kier molecular flexibility index (Phi) is 7.25. The highest BCUT2D eigenvalue weighted by molar-refractivity contribution is 14.1. The van der Waals surface area contributed by atoms with E-state index in [-0.39, 0.29) is 5.91 Å². The van der Waals surface area contributed by atoms with Crippen molar-refractivity contribution in [1.29, 1.82) is 0 Å². The molecule has 3 aliphatic rings. The normalized spacial score (nSPS) is 21.2. The van der Waals surface area contributed by atoms with E-state index in [0.29, 0.717) is 24.5 Å². The molecular weight excluding hydrogens is 603 g/mol. The van der Waals surface area contributed by atoms with Gasteiger partial charge in [0.05, 0.1) is 48.9 Å². The van der Waals surface area contributed by atoms with Crippen LogP contribution in [0.2, 0.25) is 5.02 Å². The van der Waals surface area contributed by atoms with Gasteiger partial charge in [0.25, 0.3) is 0 Å². The molecule has 2 fully saturated rings. The average molecular weight is 633 g/mol. The molecule has 2 atom stereocenters. The number of halogens is 2. The number of fused-ring (bicyclic) bond motifs is 1. The van der Waals surface area contributed by atoms with Crippen molar-refractivity contribution in [2.75, 3.05) is 24.6 Å². The topological polar surface area (TPSA) is 87.2 Å². The molecule has 4 heterocycles. The van der Waals surface area contributed by atoms with E-state index in [1.165, 1.54) is 19.3 Å². The third kappa shape index (κ3) is 5.72. The lowest BCUT2D eigenvalue weighted by Gasteiger charge is -2.32. The number of rotatable bonds is 8. The fourth-order valence-electron chi connectivity index (χ4n) is 5.78. The largest absolute Gasteiger partial charge is 0.494 e. The fourth-order valence-corrected chi connectivity index (χ4v) is 6.56. The zero-order chi connectivity index (χ0) is 25.4. The van der Waals surface area contributed by atoms with Crippen molar-refractivity contribution in [2.45, 2.75) is 45.2 Å². The molecule has 10 heteroatoms. The zero-order valence-electron chi connectivity index (χ0n) is 20.6. The molecule has 1 aromatic carbocycles. The van der Waals surface area contributed by atoms with Crippen molar-refractivity contribution in [1.82, 2.24) is 25.1 Å². The van der Waals surface area contributed by atoms with E-state index in [0.717, 1.165) is 76.0 Å². The summed E-state index contributed by atoms with van der Waals surface area (Å²) in [5.74, 6) is 4.21. The van der Waals surface area contributed by atoms with Crippen LogP contribution in [0.5, 0.6) is 5.75 Å². The van der Waals surface area contributed by atoms with Gasteiger partial charge in [-0.1, -0.05) is 17.7 Å². The van der Waals surface area contributed by atoms with Crippen LogP contribution in [0.1, 0.15) is 42.5 Å². The van der Waals surface area contributed by atoms with E-state index < -0.39 is 0 Å². The monoisotopic (exact) mass is 632 g/mol. The SMILES string of the molecule is O=C(Cc1ccc(OCC[C@@H]2C[C@@H]2C2CCN(c3ncc(Cl)cn3)CC2)cc1I)N1Cc2cn[nH]c2C1. The maximum absolute atomic E-state index is 12.8. The number of aromatic amines is 1. The molecule has 0 bridgehead atoms. The second-order valence-corrected chi connectivity index (χ2v) is 12.0. The molecule has 1 aliphatic carbocycles. The van der Waals surface area contributed by atoms with Crippen LogP contribution in [0.15, 0.2) is 36.8 Å². The average Bonchev–Trinajstić information content (AvgIpc) is 3.33. The molecule has 2 aromatic heterocycles. The van der Waals surface area contributed by atoms with Gasteiger partial charge in [0.15, 0.2) is 0 Å². The molecule has 1 saturated heterocycles. The fraction of sp³-hybridized carbons (Fsp3) is 0.481. The van der Waals surface area contributed by atoms with Crippen LogP contribution >= 0.6 is 34.2 Å². The van der Waals surface area contributed by atoms with Crippen LogP contribution in [0.3, 0.4) is 0 Å². The maximum atomic E-state index is 12.8. The van der Waals surface area contributed by atoms with Crippen LogP contribution in [0, 0.1) is 21.3 Å². The summed E-state index contributed by atoms with van der Waals surface area (Å²) in [5, 5.41) is 7.59. The number of nitrogens with one attached hydrogen (secondary N) is 1. The summed E-state index contributed by atoms with van der Waals surface area (Å²) in [6, 6.07) is 6.09. The quantitative estimate of drug-likeness (QED) is 0.357. The summed E-state index contributed by atoms with van der Waals surface area (Å²) < 4.78 is 7.18. The number of piperidine rings is 1. The molecule has 0 unspecified atom stereocenters. The summed E-state index contributed by atoms with van der Waals surface area (Å²) in [6.45, 7) is 4.03. The van der Waals surface area contributed by atoms with Crippen LogP contribution < -0.4 is 9.64 Å². The van der Waals surface area contributed by atoms with Gasteiger partial charge in [-0.05, 0) is 83.7 Å². The number of anilines is 1. The molecule has 8 nitrogen and oxygen atoms in total. The minimum atomic E-state index is 0.141. The number of carbonyl (C=O) groups is 1. The second kappa shape index (κ2) is 10.8. The lowest BCUT2D eigenvalue weighted by atomic mass is 9.90. The third-order valence-corrected chi connectivity index (χ3v) is 9.21. The van der Waals surface area contributed by atoms with Crippen molar-refractivity contribution in [3.8, 4) is 5.75 Å². The van der Waals surface area contributed by atoms with Gasteiger partial charge in [-0.25, -0.2) is 9.97 Å². The van der Waals surface area contributed by atoms with Gasteiger partial charge in [-0.3, -0.25) is 9.89 Å². The van der Waals surface area contributed by atoms with Gasteiger partial charge in [0.2, 0.25) is 11.9 Å². The predicted octanol–water partition coefficient (Wildman–Crippen LogP) is 4.86. The summed E-state index contributed by atoms with van der Waals surface area (Å²) in [5.41, 5.74) is 3.20. The van der Waals surface area contributed by atoms with Crippen molar-refractivity contribution in [3.05, 3.63) is 62.2 Å². The van der Waals surface area contributed by atoms with E-state index in [2.05, 4.69) is 53.7 Å². The van der Waals surface area contributed by atoms with Crippen LogP contribution in [-0.4, -0.2) is 50.7 Å². The van der Waals surface area contributed by atoms with Crippen LogP contribution in [-0.2, 0) is 24.3 Å². The Bertz CT molecular complexity index is 1240. The second-order valence-electron chi connectivity index (χ2n) is 10.4. The molecule has 1 amide bonds. The smallest absolute Gasteiger partial charge is 0.227 e. The molecule has 2 aliphatic heterocycles. The van der Waals surface area contributed by atoms with E-state index >= 15 is 0 Å². The maximum Gasteiger partial charge on any atom is 0.227 e. The molecule has 6 rings (SSSR count). The predicted molar refractivity (Wildman–Crippen MR) is 149 cm³/mol. The number of hydrogen-bond acceptors (Lipinski definition) is 6. The molecule has 0 radical (unpaired) electrons. The lowest BCUT2D eigenvalue weighted by molar-refractivity contribution is -0.131. The Morgan fingerprint density at radius 3 is 2.73 bits per heavy atom. The highest BCUT2D eigenvalue weighted by Crippen LogP contribution is 2.49. The van der Waals surface area contributed by atoms with Crippen molar-refractivity contribution >= 4 is 46.0 Å². The van der Waals surface area contributed by atoms with Gasteiger partial charge >= 0.3 is 0 Å². The number of hydrogen-bond donors (Lipinski definition) is 1. The minimum absolute atomic E-state index is 0.141. The summed E-state index contributed by atoms with van der Waals surface area (Å²) in [4.78, 5) is 25.7. The first-order valence-corrected chi connectivity index (χ1v) is 14.4. The van der Waals surface area contributed by atoms with E-state index in [9.17, 15) is 4.79 Å². The standard InChI is InChI=1S/C27H30ClIN6O2/c28-21-13-30-27(31-14-21)34-6-3-17(4-7-34)23-9-18(23)5-8-37-22-2-1-19(24(29)11-22)10-26(36)35-15-20-12-32-33-25(20)16-35/h1-2,11-14,17-18,23H,3-10,15-16H2,(H,32,33)/t18-,23-/m1/s1. The van der Waals surface area contributed by atoms with E-state index in [4.69, 9.17) is 16.3 Å². The van der Waals surface area contributed by atoms with Crippen LogP contribution in [0.25, 0.3) is 0 Å². The number of amides is 1. The number of H-pyrrole nitrogens is 1. The molecule has 3 aromatic rings. The van der Waals surface area contributed by atoms with Gasteiger partial charge < -0.3 is 14.5 Å². The van der Waals surface area contributed by atoms with Gasteiger partial charge in [-0.15, -0.1) is 0 Å². The van der Waals surface area contributed by atoms with Gasteiger partial charge in [-0.2, -0.15) is 5.10 Å². The number of carbonyl (C=O) groups excluding carboxylic acids is 1. The number of benzene rings is 1. The van der Waals surface area contributed by atoms with Crippen molar-refractivity contribution < 1.29 is 9.53 Å². The highest BCUT2D eigenvalue weighted by atomic mass is 127. The zero-order valence-corrected chi connectivity index (χ0v) is 23.5. The Hall–Kier alpha value is -2.40. The highest BCUT2D eigenvalue weighted by Gasteiger charge is 2.43. The van der Waals surface area contributed by atoms with Gasteiger partial charge in [0, 0.05) is 28.8 Å². The number of ether oxygens (including phenoxy) is 1. The third-order valence-electron chi connectivity index (χ3n) is 8.01. The number of aromatic nitrogens is 4. The van der Waals surface area contributed by atoms with Crippen LogP contribution in [0.4, 0.5) is 5.95 Å². The van der Waals surface area contributed by atoms with Gasteiger partial charge in [0.1, 0.15) is 5.75 Å². The molecule has 1 N–H and O–H groups in total. The summed E-state index contributed by atoms with van der Waals surface area (Å²) >= 11 is 8.23. The Morgan fingerprint density at radius 1 is 1.16 bits per heavy atom. The van der Waals surface area contributed by atoms with Crippen molar-refractivity contribution in [2.24, 2.45) is 17.8 Å². The molecule has 1 saturated carbocycles. The lowest BCUT2D eigenvalue weighted by Crippen LogP contribution is -2.35. The Balaban J connectivity index is 0.919. The molecule has 37 heavy (non-hydrogen) atoms. The van der Waals surface area contributed by atoms with Crippen molar-refractivity contribution in [3.63, 3.8) is 0 Å². The first-order valence-electron chi connectivity index (χ1n) is 13.0. The summed E-state index contributed by atoms with van der Waals surface area (Å²) in [6.07, 6.45) is 10.4. The number of nitrogens with zero attached hydrogens (tertiary/aromatic N) is 5. The van der Waals surface area contributed by atoms with E-state index in [1.807, 2.05) is 23.2 Å². The first kappa shape index (κ1) is 24.9.